The van der Waals surface area contributed by atoms with Crippen LogP contribution in [0.25, 0.3) is 11.3 Å². The van der Waals surface area contributed by atoms with Crippen LogP contribution < -0.4 is 10.6 Å². The van der Waals surface area contributed by atoms with Gasteiger partial charge in [-0.15, -0.1) is 0 Å². The summed E-state index contributed by atoms with van der Waals surface area (Å²) in [5, 5.41) is 9.42. The minimum absolute atomic E-state index is 0.0154. The molecule has 162 valence electrons. The fourth-order valence-electron chi connectivity index (χ4n) is 3.33. The molecule has 1 aromatic heterocycles. The molecule has 1 atom stereocenters. The number of amides is 2. The maximum Gasteiger partial charge on any atom is 0.343 e. The number of carbonyl (C=O) groups is 2. The molecule has 0 saturated carbocycles. The maximum atomic E-state index is 13.7. The van der Waals surface area contributed by atoms with E-state index in [2.05, 4.69) is 15.7 Å². The fraction of sp³-hybridized carbons (Fsp3) is 0.450. The van der Waals surface area contributed by atoms with Crippen LogP contribution in [-0.2, 0) is 22.6 Å². The summed E-state index contributed by atoms with van der Waals surface area (Å²) in [6.07, 6.45) is 0.335. The highest BCUT2D eigenvalue weighted by atomic mass is 19.2. The first-order valence-corrected chi connectivity index (χ1v) is 9.40. The molecule has 1 aliphatic heterocycles. The van der Waals surface area contributed by atoms with Crippen molar-refractivity contribution in [3.63, 3.8) is 0 Å². The molecule has 0 saturated heterocycles. The number of benzene rings is 1. The fourth-order valence-corrected chi connectivity index (χ4v) is 3.33. The van der Waals surface area contributed by atoms with Gasteiger partial charge in [-0.05, 0) is 17.5 Å². The lowest BCUT2D eigenvalue weighted by molar-refractivity contribution is -0.124. The molecule has 0 spiro atoms. The van der Waals surface area contributed by atoms with Crippen molar-refractivity contribution in [2.24, 2.45) is 5.41 Å². The quantitative estimate of drug-likeness (QED) is 0.742. The van der Waals surface area contributed by atoms with Crippen molar-refractivity contribution in [2.75, 3.05) is 13.7 Å². The first kappa shape index (κ1) is 21.8. The molecule has 1 aliphatic rings. The lowest BCUT2D eigenvalue weighted by atomic mass is 9.86. The summed E-state index contributed by atoms with van der Waals surface area (Å²) in [7, 11) is 1.47. The van der Waals surface area contributed by atoms with E-state index in [-0.39, 0.29) is 23.8 Å². The highest BCUT2D eigenvalue weighted by Crippen LogP contribution is 2.31. The van der Waals surface area contributed by atoms with Crippen molar-refractivity contribution in [3.8, 4) is 11.3 Å². The van der Waals surface area contributed by atoms with Gasteiger partial charge in [-0.2, -0.15) is 9.78 Å². The van der Waals surface area contributed by atoms with Gasteiger partial charge in [-0.1, -0.05) is 20.8 Å². The van der Waals surface area contributed by atoms with Gasteiger partial charge in [0.2, 0.25) is 5.91 Å². The molecular weight excluding hydrogens is 401 g/mol. The number of rotatable bonds is 3. The van der Waals surface area contributed by atoms with Gasteiger partial charge in [0.1, 0.15) is 6.04 Å². The number of ether oxygens (including phenoxy) is 1. The Bertz CT molecular complexity index is 975. The lowest BCUT2D eigenvalue weighted by Gasteiger charge is -2.29. The van der Waals surface area contributed by atoms with Crippen molar-refractivity contribution in [1.29, 1.82) is 0 Å². The van der Waals surface area contributed by atoms with Gasteiger partial charge in [0.15, 0.2) is 17.5 Å². The van der Waals surface area contributed by atoms with E-state index >= 15 is 0 Å². The van der Waals surface area contributed by atoms with E-state index in [0.717, 1.165) is 16.8 Å². The SMILES string of the molecule is CNC(=O)[C@@H](NC(=O)n1nc(-c2cc(F)c(F)c(F)c2)c2c1CCOC2)C(C)(C)C. The van der Waals surface area contributed by atoms with Crippen LogP contribution in [0.2, 0.25) is 0 Å². The average molecular weight is 424 g/mol. The predicted molar refractivity (Wildman–Crippen MR) is 102 cm³/mol. The molecule has 0 aliphatic carbocycles. The molecule has 10 heteroatoms. The van der Waals surface area contributed by atoms with Gasteiger partial charge >= 0.3 is 6.03 Å². The number of nitrogens with zero attached hydrogens (tertiary/aromatic N) is 2. The summed E-state index contributed by atoms with van der Waals surface area (Å²) in [4.78, 5) is 25.2. The normalized spacial score (nSPS) is 14.8. The Labute approximate surface area is 171 Å². The van der Waals surface area contributed by atoms with Crippen LogP contribution in [0.3, 0.4) is 0 Å². The number of fused-ring (bicyclic) bond motifs is 1. The summed E-state index contributed by atoms with van der Waals surface area (Å²) in [6.45, 7) is 5.81. The lowest BCUT2D eigenvalue weighted by Crippen LogP contribution is -2.54. The Balaban J connectivity index is 2.04. The second kappa shape index (κ2) is 8.10. The maximum absolute atomic E-state index is 13.7. The van der Waals surface area contributed by atoms with Crippen molar-refractivity contribution in [3.05, 3.63) is 40.8 Å². The molecule has 0 bridgehead atoms. The number of carbonyl (C=O) groups excluding carboxylic acids is 2. The Hall–Kier alpha value is -2.88. The zero-order valence-electron chi connectivity index (χ0n) is 17.1. The average Bonchev–Trinajstić information content (AvgIpc) is 3.08. The van der Waals surface area contributed by atoms with E-state index in [4.69, 9.17) is 4.74 Å². The zero-order chi connectivity index (χ0) is 22.2. The molecule has 0 unspecified atom stereocenters. The van der Waals surface area contributed by atoms with Crippen LogP contribution in [0, 0.1) is 22.9 Å². The number of halogens is 3. The summed E-state index contributed by atoms with van der Waals surface area (Å²) in [6, 6.07) is 0.130. The Kier molecular flexibility index (Phi) is 5.89. The van der Waals surface area contributed by atoms with Gasteiger partial charge < -0.3 is 15.4 Å². The monoisotopic (exact) mass is 424 g/mol. The molecular formula is C20H23F3N4O3. The standard InChI is InChI=1S/C20H23F3N4O3/c1-20(2,3)17(18(28)24-4)25-19(29)27-14-5-6-30-9-11(14)16(26-27)10-7-12(21)15(23)13(22)8-10/h7-8,17H,5-6,9H2,1-4H3,(H,24,28)(H,25,29)/t17-/m1/s1. The zero-order valence-corrected chi connectivity index (χ0v) is 17.1. The van der Waals surface area contributed by atoms with E-state index in [0.29, 0.717) is 24.3 Å². The highest BCUT2D eigenvalue weighted by molar-refractivity contribution is 5.88. The largest absolute Gasteiger partial charge is 0.376 e. The van der Waals surface area contributed by atoms with Gasteiger partial charge in [-0.25, -0.2) is 18.0 Å². The topological polar surface area (TPSA) is 85.3 Å². The minimum Gasteiger partial charge on any atom is -0.376 e. The third-order valence-corrected chi connectivity index (χ3v) is 4.91. The number of likely N-dealkylation sites (N-methyl/N-ethyl adjacent to an activating group) is 1. The van der Waals surface area contributed by atoms with Crippen LogP contribution in [0.15, 0.2) is 12.1 Å². The van der Waals surface area contributed by atoms with Crippen molar-refractivity contribution in [1.82, 2.24) is 20.4 Å². The van der Waals surface area contributed by atoms with Crippen LogP contribution in [0.4, 0.5) is 18.0 Å². The first-order chi connectivity index (χ1) is 14.0. The molecule has 30 heavy (non-hydrogen) atoms. The molecule has 2 heterocycles. The van der Waals surface area contributed by atoms with Gasteiger partial charge in [-0.3, -0.25) is 4.79 Å². The third-order valence-electron chi connectivity index (χ3n) is 4.91. The predicted octanol–water partition coefficient (Wildman–Crippen LogP) is 2.76. The molecule has 2 amide bonds. The second-order valence-electron chi connectivity index (χ2n) is 8.10. The molecule has 0 radical (unpaired) electrons. The van der Waals surface area contributed by atoms with Crippen LogP contribution >= 0.6 is 0 Å². The molecule has 0 fully saturated rings. The van der Waals surface area contributed by atoms with E-state index in [1.807, 2.05) is 0 Å². The van der Waals surface area contributed by atoms with Crippen molar-refractivity contribution >= 4 is 11.9 Å². The Morgan fingerprint density at radius 2 is 1.83 bits per heavy atom. The molecule has 1 aromatic carbocycles. The van der Waals surface area contributed by atoms with E-state index in [9.17, 15) is 22.8 Å². The van der Waals surface area contributed by atoms with Gasteiger partial charge in [0.25, 0.3) is 0 Å². The van der Waals surface area contributed by atoms with E-state index in [1.54, 1.807) is 20.8 Å². The van der Waals surface area contributed by atoms with E-state index < -0.39 is 34.9 Å². The number of aromatic nitrogens is 2. The smallest absolute Gasteiger partial charge is 0.343 e. The third kappa shape index (κ3) is 4.04. The van der Waals surface area contributed by atoms with Crippen LogP contribution in [-0.4, -0.2) is 41.4 Å². The number of hydrogen-bond donors (Lipinski definition) is 2. The van der Waals surface area contributed by atoms with Gasteiger partial charge in [0.05, 0.1) is 24.6 Å². The number of hydrogen-bond acceptors (Lipinski definition) is 4. The summed E-state index contributed by atoms with van der Waals surface area (Å²) < 4.78 is 47.4. The number of nitrogens with one attached hydrogen (secondary N) is 2. The van der Waals surface area contributed by atoms with Crippen LogP contribution in [0.5, 0.6) is 0 Å². The molecule has 7 nitrogen and oxygen atoms in total. The summed E-state index contributed by atoms with van der Waals surface area (Å²) >= 11 is 0. The molecule has 2 N–H and O–H groups in total. The summed E-state index contributed by atoms with van der Waals surface area (Å²) in [5.41, 5.74) is 0.499. The second-order valence-corrected chi connectivity index (χ2v) is 8.10. The van der Waals surface area contributed by atoms with Crippen molar-refractivity contribution in [2.45, 2.75) is 39.8 Å². The van der Waals surface area contributed by atoms with Gasteiger partial charge in [0, 0.05) is 24.6 Å². The Morgan fingerprint density at radius 1 is 1.20 bits per heavy atom. The highest BCUT2D eigenvalue weighted by Gasteiger charge is 2.34. The Morgan fingerprint density at radius 3 is 2.40 bits per heavy atom. The van der Waals surface area contributed by atoms with E-state index in [1.165, 1.54) is 7.05 Å². The summed E-state index contributed by atoms with van der Waals surface area (Å²) in [5.74, 6) is -4.67. The van der Waals surface area contributed by atoms with Crippen molar-refractivity contribution < 1.29 is 27.5 Å². The van der Waals surface area contributed by atoms with Crippen LogP contribution in [0.1, 0.15) is 32.0 Å². The first-order valence-electron chi connectivity index (χ1n) is 9.40. The molecule has 3 rings (SSSR count). The minimum atomic E-state index is -1.58. The molecule has 2 aromatic rings.